The highest BCUT2D eigenvalue weighted by atomic mass is 19.4. The van der Waals surface area contributed by atoms with Crippen molar-refractivity contribution in [3.05, 3.63) is 70.8 Å². The molecule has 1 saturated carbocycles. The summed E-state index contributed by atoms with van der Waals surface area (Å²) in [5.74, 6) is 0.322. The van der Waals surface area contributed by atoms with E-state index < -0.39 is 35.9 Å². The van der Waals surface area contributed by atoms with Crippen molar-refractivity contribution in [1.29, 1.82) is 0 Å². The molecule has 2 aromatic rings. The maximum atomic E-state index is 13.5. The van der Waals surface area contributed by atoms with Gasteiger partial charge in [0.15, 0.2) is 6.29 Å². The average Bonchev–Trinajstić information content (AvgIpc) is 3.29. The number of nitrogens with zero attached hydrogens (tertiary/aromatic N) is 1. The molecule has 0 unspecified atom stereocenters. The van der Waals surface area contributed by atoms with Gasteiger partial charge >= 0.3 is 12.4 Å². The van der Waals surface area contributed by atoms with Crippen molar-refractivity contribution < 1.29 is 45.8 Å². The Bertz CT molecular complexity index is 1130. The van der Waals surface area contributed by atoms with Crippen molar-refractivity contribution in [2.24, 2.45) is 11.8 Å². The summed E-state index contributed by atoms with van der Waals surface area (Å²) in [7, 11) is 0. The Balaban J connectivity index is 1.35. The largest absolute Gasteiger partial charge is 0.416 e. The second kappa shape index (κ2) is 11.8. The summed E-state index contributed by atoms with van der Waals surface area (Å²) in [5, 5.41) is 11.0. The molecule has 0 bridgehead atoms. The molecule has 3 fully saturated rings. The first-order valence-corrected chi connectivity index (χ1v) is 14.0. The van der Waals surface area contributed by atoms with Gasteiger partial charge in [-0.1, -0.05) is 30.3 Å². The lowest BCUT2D eigenvalue weighted by molar-refractivity contribution is -0.211. The molecule has 2 saturated heterocycles. The van der Waals surface area contributed by atoms with Gasteiger partial charge in [-0.25, -0.2) is 0 Å². The van der Waals surface area contributed by atoms with Crippen LogP contribution in [-0.2, 0) is 26.6 Å². The Morgan fingerprint density at radius 1 is 0.976 bits per heavy atom. The van der Waals surface area contributed by atoms with Gasteiger partial charge in [0, 0.05) is 5.92 Å². The highest BCUT2D eigenvalue weighted by molar-refractivity contribution is 5.35. The van der Waals surface area contributed by atoms with Gasteiger partial charge in [-0.05, 0) is 86.6 Å². The molecule has 2 heterocycles. The third-order valence-electron chi connectivity index (χ3n) is 8.82. The van der Waals surface area contributed by atoms with Crippen molar-refractivity contribution in [2.75, 3.05) is 19.9 Å². The predicted molar refractivity (Wildman–Crippen MR) is 137 cm³/mol. The molecular weight excluding hydrogens is 552 g/mol. The molecule has 4 atom stereocenters. The zero-order valence-corrected chi connectivity index (χ0v) is 22.8. The summed E-state index contributed by atoms with van der Waals surface area (Å²) in [6.07, 6.45) is -6.56. The Morgan fingerprint density at radius 3 is 2.17 bits per heavy atom. The lowest BCUT2D eigenvalue weighted by atomic mass is 9.71. The highest BCUT2D eigenvalue weighted by Crippen LogP contribution is 2.46. The van der Waals surface area contributed by atoms with Gasteiger partial charge in [-0.2, -0.15) is 31.4 Å². The third-order valence-corrected chi connectivity index (χ3v) is 8.82. The SMILES string of the molecule is C[C@@H](O[C@H]1OCC[C@@H](CC2CCC3(CC2)CN(O)CO3)[C@@H]1c1ccccc1)c1cc(C(F)(F)F)cc(C(F)(F)F)c1. The fourth-order valence-electron chi connectivity index (χ4n) is 6.63. The van der Waals surface area contributed by atoms with E-state index in [9.17, 15) is 31.5 Å². The molecule has 3 aliphatic rings. The van der Waals surface area contributed by atoms with Crippen LogP contribution in [0.1, 0.15) is 79.7 Å². The first kappa shape index (κ1) is 30.3. The highest BCUT2D eigenvalue weighted by Gasteiger charge is 2.44. The summed E-state index contributed by atoms with van der Waals surface area (Å²) in [6, 6.07) is 11.1. The van der Waals surface area contributed by atoms with E-state index in [2.05, 4.69) is 0 Å². The molecule has 11 heteroatoms. The van der Waals surface area contributed by atoms with Crippen LogP contribution in [0.5, 0.6) is 0 Å². The number of hydroxylamine groups is 2. The van der Waals surface area contributed by atoms with Crippen LogP contribution in [0.15, 0.2) is 48.5 Å². The molecule has 0 aromatic heterocycles. The molecule has 226 valence electrons. The van der Waals surface area contributed by atoms with Gasteiger partial charge in [-0.15, -0.1) is 0 Å². The molecule has 0 amide bonds. The van der Waals surface area contributed by atoms with E-state index in [1.54, 1.807) is 0 Å². The van der Waals surface area contributed by atoms with Crippen molar-refractivity contribution >= 4 is 0 Å². The summed E-state index contributed by atoms with van der Waals surface area (Å²) < 4.78 is 98.9. The van der Waals surface area contributed by atoms with Gasteiger partial charge in [0.25, 0.3) is 0 Å². The van der Waals surface area contributed by atoms with Crippen molar-refractivity contribution in [3.63, 3.8) is 0 Å². The first-order chi connectivity index (χ1) is 19.3. The molecule has 5 nitrogen and oxygen atoms in total. The van der Waals surface area contributed by atoms with Crippen LogP contribution in [-0.4, -0.2) is 42.0 Å². The molecular formula is C30H35F6NO4. The normalized spacial score (nSPS) is 30.5. The van der Waals surface area contributed by atoms with Gasteiger partial charge in [0.1, 0.15) is 6.73 Å². The fourth-order valence-corrected chi connectivity index (χ4v) is 6.63. The molecule has 5 rings (SSSR count). The van der Waals surface area contributed by atoms with Crippen LogP contribution in [0.2, 0.25) is 0 Å². The third kappa shape index (κ3) is 7.07. The fraction of sp³-hybridized carbons (Fsp3) is 0.600. The summed E-state index contributed by atoms with van der Waals surface area (Å²) in [4.78, 5) is 0. The van der Waals surface area contributed by atoms with Crippen molar-refractivity contribution in [1.82, 2.24) is 5.06 Å². The van der Waals surface area contributed by atoms with Crippen LogP contribution in [0.3, 0.4) is 0 Å². The van der Waals surface area contributed by atoms with E-state index in [0.717, 1.165) is 44.1 Å². The number of benzene rings is 2. The van der Waals surface area contributed by atoms with Crippen LogP contribution >= 0.6 is 0 Å². The first-order valence-electron chi connectivity index (χ1n) is 14.0. The molecule has 1 aliphatic carbocycles. The summed E-state index contributed by atoms with van der Waals surface area (Å²) in [5.41, 5.74) is -2.30. The number of alkyl halides is 6. The van der Waals surface area contributed by atoms with Gasteiger partial charge in [0.2, 0.25) is 0 Å². The standard InChI is InChI=1S/C30H35F6NO4/c1-19(23-14-24(29(31,32)33)16-25(15-23)30(34,35)36)41-27-26(21-5-3-2-4-6-21)22(9-12-39-27)13-20-7-10-28(11-8-20)17-37(38)18-40-28/h2-6,14-16,19-20,22,26-27,38H,7-13,17-18H2,1H3/t19-,20?,22+,26+,27-,28?/m1/s1. The lowest BCUT2D eigenvalue weighted by Crippen LogP contribution is -2.40. The molecule has 0 radical (unpaired) electrons. The van der Waals surface area contributed by atoms with E-state index >= 15 is 0 Å². The average molecular weight is 588 g/mol. The summed E-state index contributed by atoms with van der Waals surface area (Å²) in [6.45, 7) is 2.55. The van der Waals surface area contributed by atoms with Crippen molar-refractivity contribution in [2.45, 2.75) is 81.7 Å². The maximum absolute atomic E-state index is 13.5. The zero-order chi connectivity index (χ0) is 29.4. The smallest absolute Gasteiger partial charge is 0.356 e. The van der Waals surface area contributed by atoms with Gasteiger partial charge < -0.3 is 19.4 Å². The number of ether oxygens (including phenoxy) is 3. The maximum Gasteiger partial charge on any atom is 0.416 e. The Hall–Kier alpha value is -2.18. The number of rotatable bonds is 6. The second-order valence-electron chi connectivity index (χ2n) is 11.6. The molecule has 1 spiro atoms. The lowest BCUT2D eigenvalue weighted by Gasteiger charge is -2.42. The topological polar surface area (TPSA) is 51.2 Å². The van der Waals surface area contributed by atoms with Crippen LogP contribution in [0.4, 0.5) is 26.3 Å². The minimum Gasteiger partial charge on any atom is -0.356 e. The van der Waals surface area contributed by atoms with Crippen molar-refractivity contribution in [3.8, 4) is 0 Å². The Kier molecular flexibility index (Phi) is 8.74. The van der Waals surface area contributed by atoms with E-state index in [4.69, 9.17) is 14.2 Å². The molecule has 1 N–H and O–H groups in total. The molecule has 2 aliphatic heterocycles. The number of halogens is 6. The molecule has 41 heavy (non-hydrogen) atoms. The minimum absolute atomic E-state index is 0.124. The van der Waals surface area contributed by atoms with E-state index in [1.165, 1.54) is 12.0 Å². The Labute approximate surface area is 235 Å². The molecule has 2 aromatic carbocycles. The van der Waals surface area contributed by atoms with Crippen LogP contribution < -0.4 is 0 Å². The number of hydrogen-bond donors (Lipinski definition) is 1. The van der Waals surface area contributed by atoms with E-state index in [1.807, 2.05) is 30.3 Å². The van der Waals surface area contributed by atoms with Crippen LogP contribution in [0, 0.1) is 11.8 Å². The van der Waals surface area contributed by atoms with E-state index in [-0.39, 0.29) is 35.8 Å². The summed E-state index contributed by atoms with van der Waals surface area (Å²) >= 11 is 0. The monoisotopic (exact) mass is 587 g/mol. The zero-order valence-electron chi connectivity index (χ0n) is 22.8. The quantitative estimate of drug-likeness (QED) is 0.348. The second-order valence-corrected chi connectivity index (χ2v) is 11.6. The van der Waals surface area contributed by atoms with E-state index in [0.29, 0.717) is 31.2 Å². The predicted octanol–water partition coefficient (Wildman–Crippen LogP) is 7.95. The minimum atomic E-state index is -4.94. The van der Waals surface area contributed by atoms with Crippen LogP contribution in [0.25, 0.3) is 0 Å². The van der Waals surface area contributed by atoms with Gasteiger partial charge in [0.05, 0.1) is 36.0 Å². The number of hydrogen-bond acceptors (Lipinski definition) is 5. The Morgan fingerprint density at radius 2 is 1.61 bits per heavy atom. The van der Waals surface area contributed by atoms with Gasteiger partial charge in [-0.3, -0.25) is 0 Å².